The van der Waals surface area contributed by atoms with Gasteiger partial charge in [-0.3, -0.25) is 9.59 Å². The van der Waals surface area contributed by atoms with Crippen LogP contribution in [0.2, 0.25) is 0 Å². The van der Waals surface area contributed by atoms with Crippen molar-refractivity contribution in [2.24, 2.45) is 0 Å². The van der Waals surface area contributed by atoms with Crippen molar-refractivity contribution in [3.63, 3.8) is 0 Å². The summed E-state index contributed by atoms with van der Waals surface area (Å²) in [5.41, 5.74) is 0. The molecule has 0 aromatic carbocycles. The van der Waals surface area contributed by atoms with Crippen LogP contribution in [0.3, 0.4) is 0 Å². The number of carboxylic acid groups (broad SMARTS) is 1. The monoisotopic (exact) mass is 299 g/mol. The lowest BCUT2D eigenvalue weighted by Gasteiger charge is -2.33. The van der Waals surface area contributed by atoms with Gasteiger partial charge in [0.2, 0.25) is 0 Å². The van der Waals surface area contributed by atoms with Crippen LogP contribution in [0.5, 0.6) is 0 Å². The van der Waals surface area contributed by atoms with Gasteiger partial charge < -0.3 is 19.5 Å². The van der Waals surface area contributed by atoms with E-state index in [-0.39, 0.29) is 26.1 Å². The highest BCUT2D eigenvalue weighted by atomic mass is 19.4. The number of rotatable bonds is 5. The van der Waals surface area contributed by atoms with E-state index in [1.54, 1.807) is 0 Å². The zero-order valence-corrected chi connectivity index (χ0v) is 10.9. The molecule has 116 valence electrons. The maximum atomic E-state index is 12.0. The summed E-state index contributed by atoms with van der Waals surface area (Å²) in [7, 11) is 0. The molecule has 1 fully saturated rings. The maximum absolute atomic E-state index is 12.0. The van der Waals surface area contributed by atoms with Gasteiger partial charge >= 0.3 is 12.1 Å². The summed E-state index contributed by atoms with van der Waals surface area (Å²) in [6, 6.07) is 0. The quantitative estimate of drug-likeness (QED) is 0.807. The van der Waals surface area contributed by atoms with Crippen molar-refractivity contribution >= 4 is 11.9 Å². The molecule has 0 spiro atoms. The number of nitrogens with zero attached hydrogens (tertiary/aromatic N) is 1. The van der Waals surface area contributed by atoms with Crippen LogP contribution in [-0.4, -0.2) is 66.6 Å². The molecule has 1 heterocycles. The molecular weight excluding hydrogens is 283 g/mol. The predicted molar refractivity (Wildman–Crippen MR) is 60.0 cm³/mol. The summed E-state index contributed by atoms with van der Waals surface area (Å²) in [6.07, 6.45) is -6.65. The third-order valence-electron chi connectivity index (χ3n) is 2.70. The van der Waals surface area contributed by atoms with Crippen LogP contribution in [0, 0.1) is 0 Å². The largest absolute Gasteiger partial charge is 0.481 e. The lowest BCUT2D eigenvalue weighted by atomic mass is 10.2. The number of hydrogen-bond donors (Lipinski definition) is 1. The second-order valence-electron chi connectivity index (χ2n) is 4.44. The first-order chi connectivity index (χ1) is 9.19. The molecule has 0 saturated carbocycles. The highest BCUT2D eigenvalue weighted by molar-refractivity contribution is 5.80. The summed E-state index contributed by atoms with van der Waals surface area (Å²) in [4.78, 5) is 23.7. The molecule has 2 atom stereocenters. The average molecular weight is 299 g/mol. The Labute approximate surface area is 113 Å². The number of carbonyl (C=O) groups excluding carboxylic acids is 1. The molecular formula is C11H16F3NO5. The number of morpholine rings is 1. The van der Waals surface area contributed by atoms with E-state index in [1.165, 1.54) is 11.8 Å². The molecule has 1 aliphatic heterocycles. The lowest BCUT2D eigenvalue weighted by Crippen LogP contribution is -2.50. The van der Waals surface area contributed by atoms with E-state index in [1.807, 2.05) is 0 Å². The second kappa shape index (κ2) is 6.89. The van der Waals surface area contributed by atoms with Crippen LogP contribution in [0.1, 0.15) is 13.3 Å². The SMILES string of the molecule is C[C@@H](OCC(F)(F)F)C(=O)N1CCO[C@@H](CC(=O)O)C1. The molecule has 0 aliphatic carbocycles. The number of carboxylic acids is 1. The molecule has 9 heteroatoms. The van der Waals surface area contributed by atoms with Crippen molar-refractivity contribution in [1.82, 2.24) is 4.90 Å². The Morgan fingerprint density at radius 1 is 1.50 bits per heavy atom. The van der Waals surface area contributed by atoms with E-state index in [0.717, 1.165) is 0 Å². The predicted octanol–water partition coefficient (Wildman–Crippen LogP) is 0.656. The minimum absolute atomic E-state index is 0.0326. The first-order valence-corrected chi connectivity index (χ1v) is 5.99. The second-order valence-corrected chi connectivity index (χ2v) is 4.44. The van der Waals surface area contributed by atoms with Gasteiger partial charge in [0.15, 0.2) is 0 Å². The zero-order chi connectivity index (χ0) is 15.3. The van der Waals surface area contributed by atoms with Gasteiger partial charge in [-0.1, -0.05) is 0 Å². The molecule has 0 unspecified atom stereocenters. The van der Waals surface area contributed by atoms with Gasteiger partial charge in [0.25, 0.3) is 5.91 Å². The third-order valence-corrected chi connectivity index (χ3v) is 2.70. The number of halogens is 3. The van der Waals surface area contributed by atoms with Crippen LogP contribution in [0.25, 0.3) is 0 Å². The minimum Gasteiger partial charge on any atom is -0.481 e. The Balaban J connectivity index is 2.47. The van der Waals surface area contributed by atoms with Crippen LogP contribution in [-0.2, 0) is 19.1 Å². The van der Waals surface area contributed by atoms with Crippen LogP contribution in [0.4, 0.5) is 13.2 Å². The Morgan fingerprint density at radius 2 is 2.15 bits per heavy atom. The average Bonchev–Trinajstić information content (AvgIpc) is 2.33. The number of hydrogen-bond acceptors (Lipinski definition) is 4. The molecule has 0 radical (unpaired) electrons. The Morgan fingerprint density at radius 3 is 2.70 bits per heavy atom. The van der Waals surface area contributed by atoms with Crippen LogP contribution < -0.4 is 0 Å². The van der Waals surface area contributed by atoms with Crippen molar-refractivity contribution in [2.45, 2.75) is 31.7 Å². The van der Waals surface area contributed by atoms with Crippen molar-refractivity contribution in [3.8, 4) is 0 Å². The van der Waals surface area contributed by atoms with E-state index in [4.69, 9.17) is 9.84 Å². The molecule has 1 N–H and O–H groups in total. The zero-order valence-electron chi connectivity index (χ0n) is 10.9. The van der Waals surface area contributed by atoms with E-state index in [2.05, 4.69) is 4.74 Å². The van der Waals surface area contributed by atoms with Gasteiger partial charge in [-0.05, 0) is 6.92 Å². The molecule has 1 rings (SSSR count). The van der Waals surface area contributed by atoms with Gasteiger partial charge in [-0.25, -0.2) is 0 Å². The number of amides is 1. The fourth-order valence-electron chi connectivity index (χ4n) is 1.79. The highest BCUT2D eigenvalue weighted by Crippen LogP contribution is 2.17. The number of ether oxygens (including phenoxy) is 2. The fourth-order valence-corrected chi connectivity index (χ4v) is 1.79. The molecule has 0 aromatic heterocycles. The molecule has 6 nitrogen and oxygen atoms in total. The van der Waals surface area contributed by atoms with Crippen molar-refractivity contribution in [1.29, 1.82) is 0 Å². The smallest absolute Gasteiger partial charge is 0.411 e. The van der Waals surface area contributed by atoms with Gasteiger partial charge in [0, 0.05) is 13.1 Å². The number of alkyl halides is 3. The maximum Gasteiger partial charge on any atom is 0.411 e. The standard InChI is InChI=1S/C11H16F3NO5/c1-7(20-6-11(12,13)14)10(18)15-2-3-19-8(5-15)4-9(16)17/h7-8H,2-6H2,1H3,(H,16,17)/t7-,8+/m1/s1. The topological polar surface area (TPSA) is 76.1 Å². The summed E-state index contributed by atoms with van der Waals surface area (Å²) >= 11 is 0. The van der Waals surface area contributed by atoms with Crippen molar-refractivity contribution < 1.29 is 37.3 Å². The molecule has 1 amide bonds. The Kier molecular flexibility index (Phi) is 5.75. The minimum atomic E-state index is -4.49. The first-order valence-electron chi connectivity index (χ1n) is 5.99. The van der Waals surface area contributed by atoms with E-state index in [9.17, 15) is 22.8 Å². The Hall–Kier alpha value is -1.35. The van der Waals surface area contributed by atoms with Gasteiger partial charge in [0.05, 0.1) is 19.1 Å². The summed E-state index contributed by atoms with van der Waals surface area (Å²) in [6.45, 7) is 0.119. The van der Waals surface area contributed by atoms with E-state index >= 15 is 0 Å². The summed E-state index contributed by atoms with van der Waals surface area (Å²) < 4.78 is 45.6. The summed E-state index contributed by atoms with van der Waals surface area (Å²) in [5, 5.41) is 8.64. The first kappa shape index (κ1) is 16.7. The van der Waals surface area contributed by atoms with Gasteiger partial charge in [0.1, 0.15) is 12.7 Å². The number of aliphatic carboxylic acids is 1. The van der Waals surface area contributed by atoms with Crippen molar-refractivity contribution in [2.75, 3.05) is 26.3 Å². The highest BCUT2D eigenvalue weighted by Gasteiger charge is 2.33. The Bertz CT molecular complexity index is 360. The van der Waals surface area contributed by atoms with Crippen LogP contribution >= 0.6 is 0 Å². The van der Waals surface area contributed by atoms with Gasteiger partial charge in [-0.2, -0.15) is 13.2 Å². The molecule has 20 heavy (non-hydrogen) atoms. The van der Waals surface area contributed by atoms with E-state index < -0.39 is 36.9 Å². The number of carbonyl (C=O) groups is 2. The molecule has 0 bridgehead atoms. The summed E-state index contributed by atoms with van der Waals surface area (Å²) in [5.74, 6) is -1.67. The normalized spacial score (nSPS) is 21.6. The fraction of sp³-hybridized carbons (Fsp3) is 0.818. The molecule has 1 aliphatic rings. The molecule has 1 saturated heterocycles. The van der Waals surface area contributed by atoms with Gasteiger partial charge in [-0.15, -0.1) is 0 Å². The lowest BCUT2D eigenvalue weighted by molar-refractivity contribution is -0.190. The third kappa shape index (κ3) is 5.74. The van der Waals surface area contributed by atoms with E-state index in [0.29, 0.717) is 0 Å². The molecule has 0 aromatic rings. The van der Waals surface area contributed by atoms with Crippen molar-refractivity contribution in [3.05, 3.63) is 0 Å². The van der Waals surface area contributed by atoms with Crippen LogP contribution in [0.15, 0.2) is 0 Å².